The molecular formula is C14H19BrN2OS. The quantitative estimate of drug-likeness (QED) is 0.806. The number of likely N-dealkylation sites (N-methyl/N-ethyl adjacent to an activating group) is 1. The van der Waals surface area contributed by atoms with E-state index < -0.39 is 0 Å². The molecule has 1 saturated carbocycles. The number of carbonyl (C=O) groups is 1. The normalized spacial score (nSPS) is 16.5. The number of hydrogen-bond acceptors (Lipinski definition) is 3. The summed E-state index contributed by atoms with van der Waals surface area (Å²) in [6.07, 6.45) is 2.56. The van der Waals surface area contributed by atoms with Crippen molar-refractivity contribution >= 4 is 34.5 Å². The minimum atomic E-state index is -0.0615. The second-order valence-corrected chi connectivity index (χ2v) is 6.51. The van der Waals surface area contributed by atoms with Crippen LogP contribution in [-0.4, -0.2) is 36.5 Å². The van der Waals surface area contributed by atoms with Crippen LogP contribution in [0.2, 0.25) is 0 Å². The van der Waals surface area contributed by atoms with Gasteiger partial charge in [0, 0.05) is 28.0 Å². The molecule has 0 radical (unpaired) electrons. The highest BCUT2D eigenvalue weighted by atomic mass is 79.9. The molecule has 0 aliphatic heterocycles. The largest absolute Gasteiger partial charge is 0.350 e. The molecule has 1 atom stereocenters. The second-order valence-electron chi connectivity index (χ2n) is 5.12. The van der Waals surface area contributed by atoms with Crippen LogP contribution < -0.4 is 5.32 Å². The Balaban J connectivity index is 1.89. The van der Waals surface area contributed by atoms with Gasteiger partial charge in [0.1, 0.15) is 0 Å². The minimum Gasteiger partial charge on any atom is -0.350 e. The van der Waals surface area contributed by atoms with Gasteiger partial charge in [0.05, 0.1) is 5.56 Å². The highest BCUT2D eigenvalue weighted by molar-refractivity contribution is 9.10. The number of nitrogens with one attached hydrogen (secondary N) is 1. The molecular weight excluding hydrogens is 324 g/mol. The van der Waals surface area contributed by atoms with Crippen molar-refractivity contribution in [2.45, 2.75) is 36.7 Å². The zero-order valence-electron chi connectivity index (χ0n) is 11.2. The molecule has 104 valence electrons. The fraction of sp³-hybridized carbons (Fsp3) is 0.500. The van der Waals surface area contributed by atoms with Crippen molar-refractivity contribution in [2.24, 2.45) is 0 Å². The summed E-state index contributed by atoms with van der Waals surface area (Å²) in [6, 6.07) is 6.54. The Morgan fingerprint density at radius 2 is 2.26 bits per heavy atom. The van der Waals surface area contributed by atoms with E-state index in [1.807, 2.05) is 12.1 Å². The van der Waals surface area contributed by atoms with E-state index in [0.717, 1.165) is 4.47 Å². The van der Waals surface area contributed by atoms with Gasteiger partial charge in [0.2, 0.25) is 0 Å². The summed E-state index contributed by atoms with van der Waals surface area (Å²) in [4.78, 5) is 15.1. The first-order valence-electron chi connectivity index (χ1n) is 6.47. The maximum atomic E-state index is 12.1. The first-order chi connectivity index (χ1) is 8.99. The van der Waals surface area contributed by atoms with Crippen LogP contribution in [0.5, 0.6) is 0 Å². The van der Waals surface area contributed by atoms with Gasteiger partial charge in [-0.3, -0.25) is 9.69 Å². The van der Waals surface area contributed by atoms with Gasteiger partial charge in [-0.2, -0.15) is 0 Å². The molecule has 1 fully saturated rings. The van der Waals surface area contributed by atoms with Crippen molar-refractivity contribution in [3.63, 3.8) is 0 Å². The highest BCUT2D eigenvalue weighted by Crippen LogP contribution is 2.26. The van der Waals surface area contributed by atoms with Crippen LogP contribution in [-0.2, 0) is 0 Å². The lowest BCUT2D eigenvalue weighted by Gasteiger charge is -2.24. The van der Waals surface area contributed by atoms with Crippen LogP contribution in [0.15, 0.2) is 27.6 Å². The smallest absolute Gasteiger partial charge is 0.252 e. The Kier molecular flexibility index (Phi) is 4.92. The summed E-state index contributed by atoms with van der Waals surface area (Å²) in [5, 5.41) is 2.98. The van der Waals surface area contributed by atoms with Crippen molar-refractivity contribution in [1.82, 2.24) is 10.2 Å². The third kappa shape index (κ3) is 3.97. The molecule has 1 aromatic rings. The van der Waals surface area contributed by atoms with Crippen LogP contribution in [0.4, 0.5) is 0 Å². The molecule has 0 heterocycles. The summed E-state index contributed by atoms with van der Waals surface area (Å²) in [5.41, 5.74) is 0.618. The predicted molar refractivity (Wildman–Crippen MR) is 84.0 cm³/mol. The molecule has 19 heavy (non-hydrogen) atoms. The van der Waals surface area contributed by atoms with E-state index in [9.17, 15) is 4.79 Å². The highest BCUT2D eigenvalue weighted by Gasteiger charge is 2.29. The summed E-state index contributed by atoms with van der Waals surface area (Å²) >= 11 is 7.70. The van der Waals surface area contributed by atoms with Gasteiger partial charge >= 0.3 is 0 Å². The number of amides is 1. The standard InChI is InChI=1S/C14H19BrN2OS/c1-9(17(2)11-4-5-11)8-16-14(18)12-6-3-10(15)7-13(12)19/h3,6-7,9,11,19H,4-5,8H2,1-2H3,(H,16,18). The number of halogens is 1. The molecule has 1 aliphatic carbocycles. The molecule has 0 bridgehead atoms. The van der Waals surface area contributed by atoms with Crippen LogP contribution in [0, 0.1) is 0 Å². The monoisotopic (exact) mass is 342 g/mol. The summed E-state index contributed by atoms with van der Waals surface area (Å²) in [6.45, 7) is 2.80. The Hall–Kier alpha value is -0.520. The number of nitrogens with zero attached hydrogens (tertiary/aromatic N) is 1. The van der Waals surface area contributed by atoms with Gasteiger partial charge < -0.3 is 5.32 Å². The molecule has 5 heteroatoms. The van der Waals surface area contributed by atoms with E-state index in [1.165, 1.54) is 12.8 Å². The SMILES string of the molecule is CC(CNC(=O)c1ccc(Br)cc1S)N(C)C1CC1. The van der Waals surface area contributed by atoms with E-state index >= 15 is 0 Å². The number of hydrogen-bond donors (Lipinski definition) is 2. The molecule has 3 nitrogen and oxygen atoms in total. The molecule has 2 rings (SSSR count). The summed E-state index contributed by atoms with van der Waals surface area (Å²) < 4.78 is 0.927. The third-order valence-corrected chi connectivity index (χ3v) is 4.44. The maximum absolute atomic E-state index is 12.1. The van der Waals surface area contributed by atoms with E-state index in [0.29, 0.717) is 29.1 Å². The van der Waals surface area contributed by atoms with Gasteiger partial charge in [-0.05, 0) is 45.0 Å². The topological polar surface area (TPSA) is 32.3 Å². The van der Waals surface area contributed by atoms with E-state index in [1.54, 1.807) is 6.07 Å². The van der Waals surface area contributed by atoms with Crippen LogP contribution in [0.25, 0.3) is 0 Å². The second kappa shape index (κ2) is 6.29. The van der Waals surface area contributed by atoms with Crippen LogP contribution in [0.1, 0.15) is 30.1 Å². The van der Waals surface area contributed by atoms with E-state index in [4.69, 9.17) is 0 Å². The molecule has 1 aromatic carbocycles. The summed E-state index contributed by atoms with van der Waals surface area (Å²) in [5.74, 6) is -0.0615. The predicted octanol–water partition coefficient (Wildman–Crippen LogP) is 2.95. The molecule has 0 aromatic heterocycles. The molecule has 1 N–H and O–H groups in total. The third-order valence-electron chi connectivity index (χ3n) is 3.58. The molecule has 0 saturated heterocycles. The fourth-order valence-corrected chi connectivity index (χ4v) is 2.87. The minimum absolute atomic E-state index is 0.0615. The fourth-order valence-electron chi connectivity index (χ4n) is 2.02. The average Bonchev–Trinajstić information content (AvgIpc) is 3.18. The first kappa shape index (κ1) is 14.9. The van der Waals surface area contributed by atoms with Gasteiger partial charge in [-0.25, -0.2) is 0 Å². The number of thiol groups is 1. The lowest BCUT2D eigenvalue weighted by Crippen LogP contribution is -2.41. The molecule has 1 aliphatic rings. The van der Waals surface area contributed by atoms with Gasteiger partial charge in [0.15, 0.2) is 0 Å². The van der Waals surface area contributed by atoms with E-state index in [-0.39, 0.29) is 5.91 Å². The van der Waals surface area contributed by atoms with Crippen molar-refractivity contribution < 1.29 is 4.79 Å². The van der Waals surface area contributed by atoms with Gasteiger partial charge in [-0.15, -0.1) is 12.6 Å². The van der Waals surface area contributed by atoms with Crippen molar-refractivity contribution in [2.75, 3.05) is 13.6 Å². The summed E-state index contributed by atoms with van der Waals surface area (Å²) in [7, 11) is 2.12. The van der Waals surface area contributed by atoms with Crippen LogP contribution >= 0.6 is 28.6 Å². The lowest BCUT2D eigenvalue weighted by atomic mass is 10.2. The average molecular weight is 343 g/mol. The molecule has 1 amide bonds. The first-order valence-corrected chi connectivity index (χ1v) is 7.71. The zero-order chi connectivity index (χ0) is 14.0. The van der Waals surface area contributed by atoms with Crippen LogP contribution in [0.3, 0.4) is 0 Å². The maximum Gasteiger partial charge on any atom is 0.252 e. The Morgan fingerprint density at radius 3 is 2.84 bits per heavy atom. The molecule has 1 unspecified atom stereocenters. The number of rotatable bonds is 5. The number of benzene rings is 1. The van der Waals surface area contributed by atoms with Gasteiger partial charge in [0.25, 0.3) is 5.91 Å². The van der Waals surface area contributed by atoms with Crippen molar-refractivity contribution in [3.05, 3.63) is 28.2 Å². The Labute approximate surface area is 128 Å². The molecule has 0 spiro atoms. The Bertz CT molecular complexity index is 477. The van der Waals surface area contributed by atoms with Crippen molar-refractivity contribution in [1.29, 1.82) is 0 Å². The van der Waals surface area contributed by atoms with Crippen molar-refractivity contribution in [3.8, 4) is 0 Å². The van der Waals surface area contributed by atoms with Gasteiger partial charge in [-0.1, -0.05) is 15.9 Å². The zero-order valence-corrected chi connectivity index (χ0v) is 13.7. The Morgan fingerprint density at radius 1 is 1.58 bits per heavy atom. The van der Waals surface area contributed by atoms with E-state index in [2.05, 4.69) is 52.7 Å². The number of carbonyl (C=O) groups excluding carboxylic acids is 1. The lowest BCUT2D eigenvalue weighted by molar-refractivity contribution is 0.0936.